The minimum absolute atomic E-state index is 0.0280. The largest absolute Gasteiger partial charge is 0.472 e. The molecule has 148 valence electrons. The van der Waals surface area contributed by atoms with Gasteiger partial charge in [-0.05, 0) is 43.2 Å². The molecule has 2 aliphatic heterocycles. The van der Waals surface area contributed by atoms with Crippen molar-refractivity contribution in [3.05, 3.63) is 46.5 Å². The zero-order valence-corrected chi connectivity index (χ0v) is 16.3. The molecular formula is C20H23N3O4S. The molecule has 2 fully saturated rings. The van der Waals surface area contributed by atoms with Crippen molar-refractivity contribution in [3.8, 4) is 0 Å². The minimum Gasteiger partial charge on any atom is -0.472 e. The Hall–Kier alpha value is -2.61. The summed E-state index contributed by atoms with van der Waals surface area (Å²) in [6, 6.07) is 4.94. The van der Waals surface area contributed by atoms with Crippen LogP contribution in [0.5, 0.6) is 0 Å². The number of amides is 3. The summed E-state index contributed by atoms with van der Waals surface area (Å²) in [4.78, 5) is 42.0. The highest BCUT2D eigenvalue weighted by Crippen LogP contribution is 2.23. The van der Waals surface area contributed by atoms with Crippen LogP contribution in [0.3, 0.4) is 0 Å². The lowest BCUT2D eigenvalue weighted by Gasteiger charge is -2.33. The second kappa shape index (κ2) is 8.18. The first-order valence-corrected chi connectivity index (χ1v) is 10.5. The molecule has 0 saturated carbocycles. The first-order valence-electron chi connectivity index (χ1n) is 9.60. The Morgan fingerprint density at radius 2 is 1.89 bits per heavy atom. The summed E-state index contributed by atoms with van der Waals surface area (Å²) in [6.45, 7) is 1.81. The zero-order chi connectivity index (χ0) is 19.5. The summed E-state index contributed by atoms with van der Waals surface area (Å²) < 4.78 is 4.98. The van der Waals surface area contributed by atoms with Gasteiger partial charge in [-0.25, -0.2) is 0 Å². The van der Waals surface area contributed by atoms with E-state index in [1.807, 2.05) is 11.4 Å². The smallest absolute Gasteiger partial charge is 0.264 e. The van der Waals surface area contributed by atoms with Crippen molar-refractivity contribution in [1.29, 1.82) is 0 Å². The first-order chi connectivity index (χ1) is 13.6. The van der Waals surface area contributed by atoms with Gasteiger partial charge in [0.1, 0.15) is 12.3 Å². The Morgan fingerprint density at radius 3 is 2.57 bits per heavy atom. The molecule has 2 aliphatic rings. The van der Waals surface area contributed by atoms with Crippen LogP contribution in [-0.4, -0.2) is 59.2 Å². The predicted octanol–water partition coefficient (Wildman–Crippen LogP) is 2.37. The molecule has 0 unspecified atom stereocenters. The third-order valence-corrected chi connectivity index (χ3v) is 6.30. The van der Waals surface area contributed by atoms with Gasteiger partial charge in [-0.2, -0.15) is 0 Å². The van der Waals surface area contributed by atoms with E-state index in [9.17, 15) is 14.4 Å². The van der Waals surface area contributed by atoms with E-state index in [1.165, 1.54) is 23.9 Å². The number of rotatable bonds is 4. The standard InChI is InChI=1S/C20H23N3O4S/c24-18(16-3-1-8-23(16)20(26)17-4-2-12-28-17)21-15-5-9-22(10-6-15)19(25)14-7-11-27-13-14/h2,4,7,11-13,15-16H,1,3,5-6,8-10H2,(H,21,24)/t16-/m1/s1. The number of likely N-dealkylation sites (tertiary alicyclic amines) is 2. The fraction of sp³-hybridized carbons (Fsp3) is 0.450. The van der Waals surface area contributed by atoms with E-state index in [-0.39, 0.29) is 23.8 Å². The van der Waals surface area contributed by atoms with Gasteiger partial charge < -0.3 is 19.5 Å². The van der Waals surface area contributed by atoms with E-state index in [0.29, 0.717) is 49.3 Å². The Bertz CT molecular complexity index is 826. The summed E-state index contributed by atoms with van der Waals surface area (Å²) in [5.41, 5.74) is 0.552. The Morgan fingerprint density at radius 1 is 1.07 bits per heavy atom. The van der Waals surface area contributed by atoms with Gasteiger partial charge in [0.25, 0.3) is 11.8 Å². The molecule has 2 saturated heterocycles. The number of hydrogen-bond acceptors (Lipinski definition) is 5. The van der Waals surface area contributed by atoms with E-state index in [0.717, 1.165) is 6.42 Å². The van der Waals surface area contributed by atoms with Crippen LogP contribution in [0.25, 0.3) is 0 Å². The first kappa shape index (κ1) is 18.7. The molecule has 0 bridgehead atoms. The molecule has 0 spiro atoms. The van der Waals surface area contributed by atoms with Gasteiger partial charge in [0.2, 0.25) is 5.91 Å². The number of thiophene rings is 1. The van der Waals surface area contributed by atoms with Gasteiger partial charge in [0.05, 0.1) is 16.7 Å². The highest BCUT2D eigenvalue weighted by molar-refractivity contribution is 7.12. The van der Waals surface area contributed by atoms with E-state index < -0.39 is 6.04 Å². The lowest BCUT2D eigenvalue weighted by molar-refractivity contribution is -0.125. The number of hydrogen-bond donors (Lipinski definition) is 1. The van der Waals surface area contributed by atoms with Crippen molar-refractivity contribution in [2.45, 2.75) is 37.8 Å². The van der Waals surface area contributed by atoms with Gasteiger partial charge in [-0.3, -0.25) is 14.4 Å². The molecule has 3 amide bonds. The topological polar surface area (TPSA) is 82.9 Å². The lowest BCUT2D eigenvalue weighted by Crippen LogP contribution is -2.52. The molecule has 2 aromatic rings. The van der Waals surface area contributed by atoms with Gasteiger partial charge >= 0.3 is 0 Å². The third-order valence-electron chi connectivity index (χ3n) is 5.44. The Balaban J connectivity index is 1.30. The average Bonchev–Trinajstić information content (AvgIpc) is 3.50. The minimum atomic E-state index is -0.403. The van der Waals surface area contributed by atoms with Gasteiger partial charge in [-0.15, -0.1) is 11.3 Å². The second-order valence-corrected chi connectivity index (χ2v) is 8.17. The summed E-state index contributed by atoms with van der Waals surface area (Å²) in [6.07, 6.45) is 5.90. The van der Waals surface area contributed by atoms with E-state index in [2.05, 4.69) is 5.32 Å². The zero-order valence-electron chi connectivity index (χ0n) is 15.5. The molecule has 4 heterocycles. The summed E-state index contributed by atoms with van der Waals surface area (Å²) in [5.74, 6) is -0.183. The third kappa shape index (κ3) is 3.82. The molecule has 4 rings (SSSR count). The highest BCUT2D eigenvalue weighted by atomic mass is 32.1. The van der Waals surface area contributed by atoms with Crippen LogP contribution < -0.4 is 5.32 Å². The van der Waals surface area contributed by atoms with Crippen LogP contribution in [-0.2, 0) is 4.79 Å². The van der Waals surface area contributed by atoms with Crippen molar-refractivity contribution < 1.29 is 18.8 Å². The summed E-state index contributed by atoms with van der Waals surface area (Å²) in [5, 5.41) is 4.97. The number of nitrogens with one attached hydrogen (secondary N) is 1. The highest BCUT2D eigenvalue weighted by Gasteiger charge is 2.36. The molecule has 2 aromatic heterocycles. The maximum absolute atomic E-state index is 12.8. The average molecular weight is 401 g/mol. The second-order valence-electron chi connectivity index (χ2n) is 7.22. The maximum Gasteiger partial charge on any atom is 0.264 e. The molecule has 0 aromatic carbocycles. The van der Waals surface area contributed by atoms with Gasteiger partial charge in [0, 0.05) is 25.7 Å². The van der Waals surface area contributed by atoms with E-state index in [4.69, 9.17) is 4.42 Å². The lowest BCUT2D eigenvalue weighted by atomic mass is 10.0. The Labute approximate surface area is 167 Å². The van der Waals surface area contributed by atoms with Crippen LogP contribution >= 0.6 is 11.3 Å². The monoisotopic (exact) mass is 401 g/mol. The Kier molecular flexibility index (Phi) is 5.47. The van der Waals surface area contributed by atoms with Crippen molar-refractivity contribution >= 4 is 29.1 Å². The molecule has 28 heavy (non-hydrogen) atoms. The number of carbonyl (C=O) groups excluding carboxylic acids is 3. The summed E-state index contributed by atoms with van der Waals surface area (Å²) in [7, 11) is 0. The van der Waals surface area contributed by atoms with E-state index in [1.54, 1.807) is 21.9 Å². The van der Waals surface area contributed by atoms with Crippen LogP contribution in [0.1, 0.15) is 45.7 Å². The molecule has 0 aliphatic carbocycles. The molecule has 8 heteroatoms. The predicted molar refractivity (Wildman–Crippen MR) is 104 cm³/mol. The number of furan rings is 1. The number of nitrogens with zero attached hydrogens (tertiary/aromatic N) is 2. The fourth-order valence-electron chi connectivity index (χ4n) is 3.92. The molecule has 7 nitrogen and oxygen atoms in total. The SMILES string of the molecule is O=C(NC1CCN(C(=O)c2ccoc2)CC1)[C@H]1CCCN1C(=O)c1cccs1. The molecule has 1 atom stereocenters. The fourth-order valence-corrected chi connectivity index (χ4v) is 4.60. The van der Waals surface area contributed by atoms with Crippen molar-refractivity contribution in [2.24, 2.45) is 0 Å². The van der Waals surface area contributed by atoms with Crippen molar-refractivity contribution in [3.63, 3.8) is 0 Å². The number of piperidine rings is 1. The number of carbonyl (C=O) groups is 3. The van der Waals surface area contributed by atoms with Crippen LogP contribution in [0.15, 0.2) is 40.5 Å². The molecule has 1 N–H and O–H groups in total. The van der Waals surface area contributed by atoms with Gasteiger partial charge in [-0.1, -0.05) is 6.07 Å². The molecular weight excluding hydrogens is 378 g/mol. The van der Waals surface area contributed by atoms with Crippen LogP contribution in [0.2, 0.25) is 0 Å². The van der Waals surface area contributed by atoms with Crippen molar-refractivity contribution in [2.75, 3.05) is 19.6 Å². The van der Waals surface area contributed by atoms with Crippen LogP contribution in [0, 0.1) is 0 Å². The van der Waals surface area contributed by atoms with Crippen molar-refractivity contribution in [1.82, 2.24) is 15.1 Å². The molecule has 0 radical (unpaired) electrons. The quantitative estimate of drug-likeness (QED) is 0.853. The summed E-state index contributed by atoms with van der Waals surface area (Å²) >= 11 is 1.40. The van der Waals surface area contributed by atoms with E-state index >= 15 is 0 Å². The van der Waals surface area contributed by atoms with Gasteiger partial charge in [0.15, 0.2) is 0 Å². The van der Waals surface area contributed by atoms with Crippen LogP contribution in [0.4, 0.5) is 0 Å². The maximum atomic E-state index is 12.8. The normalized spacial score (nSPS) is 20.4.